The van der Waals surface area contributed by atoms with Gasteiger partial charge in [-0.15, -0.1) is 0 Å². The summed E-state index contributed by atoms with van der Waals surface area (Å²) in [6.07, 6.45) is 17.8. The summed E-state index contributed by atoms with van der Waals surface area (Å²) in [6, 6.07) is 5.04. The monoisotopic (exact) mass is 614 g/mol. The van der Waals surface area contributed by atoms with Crippen molar-refractivity contribution in [1.82, 2.24) is 10.2 Å². The van der Waals surface area contributed by atoms with E-state index in [9.17, 15) is 14.4 Å². The number of amides is 3. The van der Waals surface area contributed by atoms with Crippen molar-refractivity contribution in [3.8, 4) is 0 Å². The van der Waals surface area contributed by atoms with Crippen molar-refractivity contribution in [1.29, 1.82) is 0 Å². The van der Waals surface area contributed by atoms with Crippen LogP contribution in [0.25, 0.3) is 0 Å². The van der Waals surface area contributed by atoms with Crippen LogP contribution in [0.2, 0.25) is 0 Å². The molecule has 0 spiro atoms. The Balaban J connectivity index is 0.00000309. The molecule has 2 atom stereocenters. The van der Waals surface area contributed by atoms with E-state index in [0.29, 0.717) is 18.6 Å². The van der Waals surface area contributed by atoms with Crippen LogP contribution in [0.5, 0.6) is 0 Å². The third-order valence-corrected chi connectivity index (χ3v) is 8.08. The quantitative estimate of drug-likeness (QED) is 0.116. The lowest BCUT2D eigenvalue weighted by Crippen LogP contribution is -2.51. The Morgan fingerprint density at radius 1 is 0.932 bits per heavy atom. The molecule has 0 bridgehead atoms. The zero-order valence-electron chi connectivity index (χ0n) is 28.3. The van der Waals surface area contributed by atoms with Crippen molar-refractivity contribution < 1.29 is 28.7 Å². The van der Waals surface area contributed by atoms with Crippen molar-refractivity contribution in [3.05, 3.63) is 46.2 Å². The van der Waals surface area contributed by atoms with Gasteiger partial charge in [-0.2, -0.15) is 0 Å². The summed E-state index contributed by atoms with van der Waals surface area (Å²) in [5, 5.41) is 2.82. The van der Waals surface area contributed by atoms with E-state index in [4.69, 9.17) is 14.3 Å². The average molecular weight is 615 g/mol. The first-order valence-corrected chi connectivity index (χ1v) is 16.8. The van der Waals surface area contributed by atoms with Gasteiger partial charge in [0.05, 0.1) is 12.6 Å². The van der Waals surface area contributed by atoms with Gasteiger partial charge >= 0.3 is 12.1 Å². The second-order valence-electron chi connectivity index (χ2n) is 11.7. The van der Waals surface area contributed by atoms with Crippen LogP contribution in [-0.4, -0.2) is 42.5 Å². The van der Waals surface area contributed by atoms with Gasteiger partial charge in [0.2, 0.25) is 0 Å². The largest absolute Gasteiger partial charge is 0.465 e. The van der Waals surface area contributed by atoms with Gasteiger partial charge in [0, 0.05) is 12.1 Å². The summed E-state index contributed by atoms with van der Waals surface area (Å²) in [5.74, 6) is 0. The van der Waals surface area contributed by atoms with Crippen molar-refractivity contribution >= 4 is 24.9 Å². The minimum absolute atomic E-state index is 0.164. The Hall–Kier alpha value is -3.16. The van der Waals surface area contributed by atoms with E-state index in [-0.39, 0.29) is 6.61 Å². The number of ether oxygens (including phenoxy) is 2. The predicted molar refractivity (Wildman–Crippen MR) is 176 cm³/mol. The summed E-state index contributed by atoms with van der Waals surface area (Å²) in [6.45, 7) is 11.7. The molecule has 1 heterocycles. The van der Waals surface area contributed by atoms with Crippen LogP contribution in [-0.2, 0) is 25.5 Å². The Labute approximate surface area is 266 Å². The predicted octanol–water partition coefficient (Wildman–Crippen LogP) is 9.28. The fourth-order valence-corrected chi connectivity index (χ4v) is 5.87. The molecule has 1 aliphatic heterocycles. The van der Waals surface area contributed by atoms with E-state index in [1.165, 1.54) is 82.5 Å². The Kier molecular flexibility index (Phi) is 20.5. The van der Waals surface area contributed by atoms with Gasteiger partial charge in [-0.25, -0.2) is 14.5 Å². The van der Waals surface area contributed by atoms with Crippen LogP contribution in [0.15, 0.2) is 29.5 Å². The van der Waals surface area contributed by atoms with Crippen LogP contribution in [0.3, 0.4) is 0 Å². The van der Waals surface area contributed by atoms with Gasteiger partial charge in [0.15, 0.2) is 0 Å². The second kappa shape index (κ2) is 23.3. The third-order valence-electron chi connectivity index (χ3n) is 8.08. The van der Waals surface area contributed by atoms with E-state index in [1.807, 2.05) is 32.9 Å². The van der Waals surface area contributed by atoms with E-state index < -0.39 is 24.3 Å². The molecule has 0 aliphatic carbocycles. The highest BCUT2D eigenvalue weighted by Gasteiger charge is 2.41. The maximum atomic E-state index is 13.2. The minimum Gasteiger partial charge on any atom is -0.465 e. The fourth-order valence-electron chi connectivity index (χ4n) is 5.87. The molecule has 248 valence electrons. The van der Waals surface area contributed by atoms with Crippen molar-refractivity contribution in [2.24, 2.45) is 0 Å². The molecular formula is C36H58N2O6. The molecule has 0 aromatic heterocycles. The number of urea groups is 1. The fraction of sp³-hybridized carbons (Fsp3) is 0.667. The number of allylic oxidation sites excluding steroid dienone is 1. The number of unbranched alkanes of at least 4 members (excludes halogenated alkanes) is 12. The first-order valence-electron chi connectivity index (χ1n) is 16.8. The second-order valence-corrected chi connectivity index (χ2v) is 11.7. The molecule has 1 aromatic rings. The van der Waals surface area contributed by atoms with Crippen LogP contribution in [0, 0.1) is 6.92 Å². The number of hydrogen-bond acceptors (Lipinski definition) is 6. The molecule has 1 aromatic carbocycles. The lowest BCUT2D eigenvalue weighted by molar-refractivity contribution is -0.132. The molecule has 0 radical (unpaired) electrons. The average Bonchev–Trinajstić information content (AvgIpc) is 2.97. The van der Waals surface area contributed by atoms with E-state index in [0.717, 1.165) is 47.8 Å². The Morgan fingerprint density at radius 3 is 2.00 bits per heavy atom. The highest BCUT2D eigenvalue weighted by Crippen LogP contribution is 2.40. The van der Waals surface area contributed by atoms with E-state index >= 15 is 0 Å². The lowest BCUT2D eigenvalue weighted by Gasteiger charge is -2.38. The summed E-state index contributed by atoms with van der Waals surface area (Å²) in [5.41, 5.74) is 4.63. The summed E-state index contributed by atoms with van der Waals surface area (Å²) in [7, 11) is 0. The Bertz CT molecular complexity index is 1040. The third kappa shape index (κ3) is 13.6. The number of carbonyl (C=O) groups is 4. The van der Waals surface area contributed by atoms with Crippen molar-refractivity contribution in [3.63, 3.8) is 0 Å². The summed E-state index contributed by atoms with van der Waals surface area (Å²) in [4.78, 5) is 47.3. The molecule has 2 rings (SSSR count). The number of aryl methyl sites for hydroxylation is 2. The van der Waals surface area contributed by atoms with E-state index in [1.54, 1.807) is 6.92 Å². The normalized spacial score (nSPS) is 15.2. The number of benzene rings is 1. The van der Waals surface area contributed by atoms with Crippen LogP contribution >= 0.6 is 0 Å². The molecule has 0 saturated heterocycles. The SMILES string of the molecule is CC=O.CCCCCCCCCCCCCCCc1cccc(C)c1C1C(CC(C)OC=O)=C(C)NC(=O)N1C(=O)OCC. The molecule has 8 heteroatoms. The topological polar surface area (TPSA) is 102 Å². The molecular weight excluding hydrogens is 556 g/mol. The standard InChI is InChI=1S/C34H54N2O5.C2H4O/c1-6-8-9-10-11-12-13-14-15-16-17-18-19-22-29-23-20-21-26(3)31(29)32-30(24-27(4)41-25-37)28(5)35-33(38)36(32)34(39)40-7-2;1-2-3/h20-21,23,25,27,32H,6-19,22,24H2,1-5H3,(H,35,38);2H,1H3. The smallest absolute Gasteiger partial charge is 0.418 e. The maximum Gasteiger partial charge on any atom is 0.418 e. The number of rotatable bonds is 20. The van der Waals surface area contributed by atoms with Crippen molar-refractivity contribution in [2.75, 3.05) is 6.61 Å². The van der Waals surface area contributed by atoms with Gasteiger partial charge in [0.1, 0.15) is 12.4 Å². The van der Waals surface area contributed by atoms with Crippen molar-refractivity contribution in [2.45, 2.75) is 150 Å². The molecule has 1 N–H and O–H groups in total. The van der Waals surface area contributed by atoms with Crippen LogP contribution < -0.4 is 5.32 Å². The first-order chi connectivity index (χ1) is 21.3. The number of carbonyl (C=O) groups excluding carboxylic acids is 4. The Morgan fingerprint density at radius 2 is 1.48 bits per heavy atom. The van der Waals surface area contributed by atoms with Gasteiger partial charge in [-0.1, -0.05) is 102 Å². The van der Waals surface area contributed by atoms with Gasteiger partial charge in [0.25, 0.3) is 6.47 Å². The zero-order chi connectivity index (χ0) is 32.7. The highest BCUT2D eigenvalue weighted by molar-refractivity contribution is 5.94. The van der Waals surface area contributed by atoms with Gasteiger partial charge in [-0.3, -0.25) is 4.79 Å². The number of aldehydes is 1. The molecule has 1 aliphatic rings. The minimum atomic E-state index is -0.681. The zero-order valence-corrected chi connectivity index (χ0v) is 28.3. The lowest BCUT2D eigenvalue weighted by atomic mass is 9.84. The number of nitrogens with one attached hydrogen (secondary N) is 1. The van der Waals surface area contributed by atoms with Crippen LogP contribution in [0.1, 0.15) is 147 Å². The van der Waals surface area contributed by atoms with Crippen LogP contribution in [0.4, 0.5) is 9.59 Å². The molecule has 0 fully saturated rings. The first kappa shape index (κ1) is 38.9. The molecule has 44 heavy (non-hydrogen) atoms. The molecule has 2 unspecified atom stereocenters. The number of imide groups is 1. The number of hydrogen-bond donors (Lipinski definition) is 1. The van der Waals surface area contributed by atoms with Gasteiger partial charge in [-0.05, 0) is 69.7 Å². The van der Waals surface area contributed by atoms with E-state index in [2.05, 4.69) is 18.3 Å². The maximum absolute atomic E-state index is 13.2. The molecule has 8 nitrogen and oxygen atoms in total. The number of nitrogens with zero attached hydrogens (tertiary/aromatic N) is 1. The molecule has 0 saturated carbocycles. The summed E-state index contributed by atoms with van der Waals surface area (Å²) >= 11 is 0. The summed E-state index contributed by atoms with van der Waals surface area (Å²) < 4.78 is 10.5. The highest BCUT2D eigenvalue weighted by atomic mass is 16.6. The van der Waals surface area contributed by atoms with Gasteiger partial charge < -0.3 is 19.6 Å². The molecule has 3 amide bonds.